The molecule has 0 radical (unpaired) electrons. The third kappa shape index (κ3) is 4.59. The summed E-state index contributed by atoms with van der Waals surface area (Å²) in [5.41, 5.74) is -0.0288. The van der Waals surface area contributed by atoms with Crippen molar-refractivity contribution in [1.29, 1.82) is 5.26 Å². The fourth-order valence-corrected chi connectivity index (χ4v) is 4.55. The summed E-state index contributed by atoms with van der Waals surface area (Å²) in [7, 11) is 0. The molecule has 1 unspecified atom stereocenters. The van der Waals surface area contributed by atoms with Crippen molar-refractivity contribution in [2.45, 2.75) is 44.0 Å². The van der Waals surface area contributed by atoms with Crippen LogP contribution < -0.4 is 0 Å². The third-order valence-corrected chi connectivity index (χ3v) is 6.24. The Labute approximate surface area is 181 Å². The van der Waals surface area contributed by atoms with Gasteiger partial charge >= 0.3 is 6.18 Å². The topological polar surface area (TPSA) is 62.0 Å². The van der Waals surface area contributed by atoms with Crippen LogP contribution >= 0.6 is 0 Å². The maximum atomic E-state index is 14.3. The average Bonchev–Trinajstić information content (AvgIpc) is 3.14. The molecule has 10 heteroatoms. The first kappa shape index (κ1) is 22.6. The number of alkyl halides is 5. The molecule has 2 aromatic rings. The van der Waals surface area contributed by atoms with E-state index >= 15 is 0 Å². The number of rotatable bonds is 6. The molecule has 2 fully saturated rings. The Hall–Kier alpha value is -2.64. The molecule has 170 valence electrons. The standard InChI is InChI=1S/C22H21F5N4O/c23-21(24)14-32-19(21)20(8-7-15-1-3-16(11-28)4-2-15)9-10-31(13-20)12-17-5-6-18(30-29-17)22(25,26)27/h1-6,19H,7-10,12-14H2/t19?,20-/m1/s1. The molecule has 1 aromatic carbocycles. The number of benzene rings is 1. The van der Waals surface area contributed by atoms with E-state index in [1.165, 1.54) is 6.07 Å². The zero-order valence-electron chi connectivity index (χ0n) is 17.1. The summed E-state index contributed by atoms with van der Waals surface area (Å²) < 4.78 is 72.0. The molecule has 0 amide bonds. The molecule has 0 bridgehead atoms. The predicted molar refractivity (Wildman–Crippen MR) is 104 cm³/mol. The van der Waals surface area contributed by atoms with Crippen LogP contribution in [0.2, 0.25) is 0 Å². The van der Waals surface area contributed by atoms with Gasteiger partial charge in [-0.25, -0.2) is 8.78 Å². The van der Waals surface area contributed by atoms with Crippen LogP contribution in [0.4, 0.5) is 22.0 Å². The zero-order valence-corrected chi connectivity index (χ0v) is 17.1. The normalized spacial score (nSPS) is 25.3. The minimum Gasteiger partial charge on any atom is -0.365 e. The van der Waals surface area contributed by atoms with E-state index in [-0.39, 0.29) is 6.54 Å². The van der Waals surface area contributed by atoms with Crippen LogP contribution in [0.5, 0.6) is 0 Å². The van der Waals surface area contributed by atoms with Gasteiger partial charge in [0, 0.05) is 18.5 Å². The number of nitriles is 1. The van der Waals surface area contributed by atoms with Crippen molar-refractivity contribution in [3.8, 4) is 6.07 Å². The summed E-state index contributed by atoms with van der Waals surface area (Å²) >= 11 is 0. The van der Waals surface area contributed by atoms with Crippen LogP contribution in [-0.4, -0.2) is 46.8 Å². The summed E-state index contributed by atoms with van der Waals surface area (Å²) in [5, 5.41) is 15.8. The quantitative estimate of drug-likeness (QED) is 0.614. The molecule has 4 rings (SSSR count). The fourth-order valence-electron chi connectivity index (χ4n) is 4.55. The highest BCUT2D eigenvalue weighted by Crippen LogP contribution is 2.50. The van der Waals surface area contributed by atoms with Gasteiger partial charge in [-0.3, -0.25) is 4.90 Å². The maximum Gasteiger partial charge on any atom is 0.435 e. The zero-order chi connectivity index (χ0) is 23.0. The van der Waals surface area contributed by atoms with E-state index in [4.69, 9.17) is 10.00 Å². The van der Waals surface area contributed by atoms with Gasteiger partial charge in [0.2, 0.25) is 0 Å². The summed E-state index contributed by atoms with van der Waals surface area (Å²) in [4.78, 5) is 1.91. The summed E-state index contributed by atoms with van der Waals surface area (Å²) in [5.74, 6) is -2.91. The number of aromatic nitrogens is 2. The summed E-state index contributed by atoms with van der Waals surface area (Å²) in [6, 6.07) is 11.2. The van der Waals surface area contributed by atoms with Crippen LogP contribution in [0.25, 0.3) is 0 Å². The molecule has 1 aromatic heterocycles. The minimum absolute atomic E-state index is 0.224. The van der Waals surface area contributed by atoms with Gasteiger partial charge in [-0.15, -0.1) is 5.10 Å². The van der Waals surface area contributed by atoms with Crippen LogP contribution in [0.1, 0.15) is 35.4 Å². The van der Waals surface area contributed by atoms with E-state index in [1.807, 2.05) is 23.1 Å². The van der Waals surface area contributed by atoms with E-state index in [0.717, 1.165) is 11.6 Å². The van der Waals surface area contributed by atoms with Crippen LogP contribution in [0, 0.1) is 16.7 Å². The Kier molecular flexibility index (Phi) is 5.90. The Morgan fingerprint density at radius 3 is 2.41 bits per heavy atom. The van der Waals surface area contributed by atoms with Crippen molar-refractivity contribution in [1.82, 2.24) is 15.1 Å². The number of ether oxygens (including phenoxy) is 1. The number of hydrogen-bond acceptors (Lipinski definition) is 5. The number of aryl methyl sites for hydroxylation is 1. The van der Waals surface area contributed by atoms with Gasteiger partial charge in [0.25, 0.3) is 5.92 Å². The highest BCUT2D eigenvalue weighted by molar-refractivity contribution is 5.31. The summed E-state index contributed by atoms with van der Waals surface area (Å²) in [6.07, 6.45) is -4.26. The number of halogens is 5. The van der Waals surface area contributed by atoms with E-state index < -0.39 is 35.9 Å². The van der Waals surface area contributed by atoms with E-state index in [2.05, 4.69) is 10.2 Å². The molecule has 0 spiro atoms. The van der Waals surface area contributed by atoms with Crippen LogP contribution in [-0.2, 0) is 23.9 Å². The highest BCUT2D eigenvalue weighted by atomic mass is 19.4. The Morgan fingerprint density at radius 2 is 1.88 bits per heavy atom. The molecule has 2 aliphatic heterocycles. The van der Waals surface area contributed by atoms with Gasteiger partial charge in [0.05, 0.1) is 17.3 Å². The van der Waals surface area contributed by atoms with Crippen molar-refractivity contribution >= 4 is 0 Å². The lowest BCUT2D eigenvalue weighted by atomic mass is 9.72. The molecule has 32 heavy (non-hydrogen) atoms. The molecular weight excluding hydrogens is 431 g/mol. The van der Waals surface area contributed by atoms with Crippen LogP contribution in [0.3, 0.4) is 0 Å². The molecular formula is C22H21F5N4O. The monoisotopic (exact) mass is 452 g/mol. The van der Waals surface area contributed by atoms with Gasteiger partial charge in [0.1, 0.15) is 12.7 Å². The molecule has 2 atom stereocenters. The maximum absolute atomic E-state index is 14.3. The first-order chi connectivity index (χ1) is 15.1. The lowest BCUT2D eigenvalue weighted by Crippen LogP contribution is -2.61. The Balaban J connectivity index is 1.46. The first-order valence-corrected chi connectivity index (χ1v) is 10.2. The second kappa shape index (κ2) is 8.37. The second-order valence-corrected chi connectivity index (χ2v) is 8.49. The Morgan fingerprint density at radius 1 is 1.12 bits per heavy atom. The van der Waals surface area contributed by atoms with Crippen molar-refractivity contribution in [2.24, 2.45) is 5.41 Å². The largest absolute Gasteiger partial charge is 0.435 e. The Bertz CT molecular complexity index is 987. The van der Waals surface area contributed by atoms with Gasteiger partial charge < -0.3 is 4.74 Å². The highest BCUT2D eigenvalue weighted by Gasteiger charge is 2.61. The number of likely N-dealkylation sites (tertiary alicyclic amines) is 1. The average molecular weight is 452 g/mol. The number of hydrogen-bond donors (Lipinski definition) is 0. The molecule has 2 saturated heterocycles. The second-order valence-electron chi connectivity index (χ2n) is 8.49. The smallest absolute Gasteiger partial charge is 0.365 e. The van der Waals surface area contributed by atoms with Crippen molar-refractivity contribution in [2.75, 3.05) is 19.7 Å². The third-order valence-electron chi connectivity index (χ3n) is 6.24. The molecule has 3 heterocycles. The summed E-state index contributed by atoms with van der Waals surface area (Å²) in [6.45, 7) is 0.459. The first-order valence-electron chi connectivity index (χ1n) is 10.2. The number of nitrogens with zero attached hydrogens (tertiary/aromatic N) is 4. The molecule has 0 saturated carbocycles. The van der Waals surface area contributed by atoms with Gasteiger partial charge in [-0.2, -0.15) is 23.5 Å². The molecule has 2 aliphatic rings. The fraction of sp³-hybridized carbons (Fsp3) is 0.500. The lowest BCUT2D eigenvalue weighted by molar-refractivity contribution is -0.301. The van der Waals surface area contributed by atoms with Crippen molar-refractivity contribution in [3.05, 3.63) is 58.9 Å². The van der Waals surface area contributed by atoms with Gasteiger partial charge in [-0.1, -0.05) is 12.1 Å². The minimum atomic E-state index is -4.56. The van der Waals surface area contributed by atoms with E-state index in [0.29, 0.717) is 43.6 Å². The SMILES string of the molecule is N#Cc1ccc(CC[C@@]2(C3OCC3(F)F)CCN(Cc3ccc(C(F)(F)F)nn3)C2)cc1. The van der Waals surface area contributed by atoms with E-state index in [9.17, 15) is 22.0 Å². The molecule has 5 nitrogen and oxygen atoms in total. The van der Waals surface area contributed by atoms with Gasteiger partial charge in [-0.05, 0) is 55.6 Å². The van der Waals surface area contributed by atoms with Crippen LogP contribution in [0.15, 0.2) is 36.4 Å². The van der Waals surface area contributed by atoms with Gasteiger partial charge in [0.15, 0.2) is 5.69 Å². The van der Waals surface area contributed by atoms with Crippen molar-refractivity contribution < 1.29 is 26.7 Å². The lowest BCUT2D eigenvalue weighted by Gasteiger charge is -2.48. The van der Waals surface area contributed by atoms with Crippen molar-refractivity contribution in [3.63, 3.8) is 0 Å². The molecule has 0 aliphatic carbocycles. The molecule has 0 N–H and O–H groups in total. The predicted octanol–water partition coefficient (Wildman–Crippen LogP) is 4.23. The van der Waals surface area contributed by atoms with E-state index in [1.54, 1.807) is 12.1 Å².